The van der Waals surface area contributed by atoms with E-state index >= 15 is 0 Å². The Hall–Kier alpha value is -3.39. The number of aromatic nitrogens is 2. The summed E-state index contributed by atoms with van der Waals surface area (Å²) >= 11 is 0. The standard InChI is InChI=1S/C20H18F2N6O2S/c1-19(20(6-7-20)31(29,30)28(3)18(23)27-19)13-8-12(4-5-14(13)21)9-15(22)16-10-26-17(24-2)11-25-16/h4-5,8-11H,6-7H2,1,3H3,(H2,23,27)/b15-9-/t19-/m1/s1. The van der Waals surface area contributed by atoms with Crippen molar-refractivity contribution in [2.45, 2.75) is 30.1 Å². The third-order valence-electron chi connectivity index (χ3n) is 5.91. The van der Waals surface area contributed by atoms with Crippen LogP contribution >= 0.6 is 0 Å². The lowest BCUT2D eigenvalue weighted by atomic mass is 9.85. The molecule has 1 saturated carbocycles. The number of sulfonamides is 1. The average molecular weight is 444 g/mol. The van der Waals surface area contributed by atoms with Crippen LogP contribution in [0.25, 0.3) is 16.7 Å². The van der Waals surface area contributed by atoms with Crippen LogP contribution in [-0.4, -0.2) is 40.4 Å². The Bertz CT molecular complexity index is 1280. The minimum Gasteiger partial charge on any atom is -0.369 e. The zero-order chi connectivity index (χ0) is 22.6. The predicted octanol–water partition coefficient (Wildman–Crippen LogP) is 2.97. The largest absolute Gasteiger partial charge is 0.369 e. The van der Waals surface area contributed by atoms with Crippen molar-refractivity contribution in [3.05, 3.63) is 64.6 Å². The van der Waals surface area contributed by atoms with Crippen molar-refractivity contribution >= 4 is 33.7 Å². The number of rotatable bonds is 3. The first kappa shape index (κ1) is 20.9. The topological polar surface area (TPSA) is 106 Å². The van der Waals surface area contributed by atoms with Crippen molar-refractivity contribution in [3.63, 3.8) is 0 Å². The van der Waals surface area contributed by atoms with Crippen molar-refractivity contribution < 1.29 is 17.2 Å². The van der Waals surface area contributed by atoms with Crippen molar-refractivity contribution in [1.29, 1.82) is 0 Å². The lowest BCUT2D eigenvalue weighted by Crippen LogP contribution is -2.58. The van der Waals surface area contributed by atoms with Crippen LogP contribution < -0.4 is 5.73 Å². The highest BCUT2D eigenvalue weighted by molar-refractivity contribution is 7.91. The highest BCUT2D eigenvalue weighted by atomic mass is 32.2. The molecule has 0 saturated heterocycles. The summed E-state index contributed by atoms with van der Waals surface area (Å²) in [6.45, 7) is 8.40. The smallest absolute Gasteiger partial charge is 0.287 e. The molecule has 1 atom stereocenters. The second-order valence-corrected chi connectivity index (χ2v) is 9.89. The fraction of sp³-hybridized carbons (Fsp3) is 0.300. The van der Waals surface area contributed by atoms with Gasteiger partial charge in [-0.05, 0) is 43.5 Å². The molecule has 11 heteroatoms. The molecule has 1 spiro atoms. The monoisotopic (exact) mass is 444 g/mol. The molecular formula is C20H18F2N6O2S. The summed E-state index contributed by atoms with van der Waals surface area (Å²) in [6.07, 6.45) is 4.01. The molecule has 0 amide bonds. The van der Waals surface area contributed by atoms with E-state index in [1.54, 1.807) is 0 Å². The van der Waals surface area contributed by atoms with Gasteiger partial charge >= 0.3 is 0 Å². The molecule has 2 aliphatic rings. The summed E-state index contributed by atoms with van der Waals surface area (Å²) in [6, 6.07) is 3.87. The van der Waals surface area contributed by atoms with E-state index in [0.29, 0.717) is 12.8 Å². The highest BCUT2D eigenvalue weighted by Gasteiger charge is 2.70. The zero-order valence-corrected chi connectivity index (χ0v) is 17.5. The number of nitrogens with two attached hydrogens (primary N) is 1. The Kier molecular flexibility index (Phi) is 4.59. The Labute approximate surface area is 178 Å². The van der Waals surface area contributed by atoms with Gasteiger partial charge in [0.05, 0.1) is 6.20 Å². The third-order valence-corrected chi connectivity index (χ3v) is 8.61. The lowest BCUT2D eigenvalue weighted by Gasteiger charge is -2.42. The molecule has 0 bridgehead atoms. The van der Waals surface area contributed by atoms with E-state index in [-0.39, 0.29) is 28.6 Å². The predicted molar refractivity (Wildman–Crippen MR) is 111 cm³/mol. The molecule has 0 unspecified atom stereocenters. The van der Waals surface area contributed by atoms with Gasteiger partial charge in [-0.25, -0.2) is 26.5 Å². The fourth-order valence-corrected chi connectivity index (χ4v) is 6.02. The number of benzene rings is 1. The summed E-state index contributed by atoms with van der Waals surface area (Å²) in [5.41, 5.74) is 4.59. The van der Waals surface area contributed by atoms with Crippen LogP contribution in [0, 0.1) is 12.4 Å². The number of hydrogen-bond acceptors (Lipinski definition) is 6. The molecule has 1 aliphatic carbocycles. The van der Waals surface area contributed by atoms with Crippen molar-refractivity contribution in [2.24, 2.45) is 10.7 Å². The Balaban J connectivity index is 1.81. The van der Waals surface area contributed by atoms with Crippen LogP contribution in [0.2, 0.25) is 0 Å². The van der Waals surface area contributed by atoms with E-state index in [1.165, 1.54) is 26.1 Å². The molecule has 160 valence electrons. The maximum atomic E-state index is 14.9. The van der Waals surface area contributed by atoms with Crippen LogP contribution in [0.15, 0.2) is 35.6 Å². The Morgan fingerprint density at radius 1 is 1.32 bits per heavy atom. The number of nitrogens with zero attached hydrogens (tertiary/aromatic N) is 5. The first-order valence-corrected chi connectivity index (χ1v) is 10.7. The maximum Gasteiger partial charge on any atom is 0.287 e. The van der Waals surface area contributed by atoms with Gasteiger partial charge in [-0.3, -0.25) is 4.98 Å². The van der Waals surface area contributed by atoms with Gasteiger partial charge in [-0.1, -0.05) is 12.6 Å². The van der Waals surface area contributed by atoms with Crippen LogP contribution in [0.4, 0.5) is 14.6 Å². The quantitative estimate of drug-likeness (QED) is 0.733. The molecule has 31 heavy (non-hydrogen) atoms. The van der Waals surface area contributed by atoms with Gasteiger partial charge in [-0.15, -0.1) is 4.98 Å². The Morgan fingerprint density at radius 3 is 2.61 bits per heavy atom. The maximum absolute atomic E-state index is 14.9. The number of halogens is 2. The summed E-state index contributed by atoms with van der Waals surface area (Å²) in [5, 5.41) is 0. The van der Waals surface area contributed by atoms with Crippen LogP contribution in [-0.2, 0) is 15.6 Å². The van der Waals surface area contributed by atoms with Gasteiger partial charge in [0.2, 0.25) is 16.0 Å². The van der Waals surface area contributed by atoms with Crippen LogP contribution in [0.3, 0.4) is 0 Å². The first-order chi connectivity index (χ1) is 14.6. The molecule has 1 aromatic carbocycles. The van der Waals surface area contributed by atoms with Crippen molar-refractivity contribution in [2.75, 3.05) is 7.05 Å². The van der Waals surface area contributed by atoms with Gasteiger partial charge in [0.1, 0.15) is 28.0 Å². The van der Waals surface area contributed by atoms with E-state index in [1.807, 2.05) is 0 Å². The van der Waals surface area contributed by atoms with E-state index in [0.717, 1.165) is 28.8 Å². The first-order valence-electron chi connectivity index (χ1n) is 9.27. The molecule has 1 fully saturated rings. The van der Waals surface area contributed by atoms with Gasteiger partial charge < -0.3 is 10.6 Å². The normalized spacial score (nSPS) is 23.9. The van der Waals surface area contributed by atoms with E-state index in [4.69, 9.17) is 12.3 Å². The minimum atomic E-state index is -3.86. The molecule has 8 nitrogen and oxygen atoms in total. The van der Waals surface area contributed by atoms with Crippen LogP contribution in [0.1, 0.15) is 36.6 Å². The second kappa shape index (κ2) is 6.81. The molecule has 4 rings (SSSR count). The fourth-order valence-electron chi connectivity index (χ4n) is 3.93. The highest BCUT2D eigenvalue weighted by Crippen LogP contribution is 2.60. The number of hydrogen-bond donors (Lipinski definition) is 1. The summed E-state index contributed by atoms with van der Waals surface area (Å²) in [5.74, 6) is -1.61. The summed E-state index contributed by atoms with van der Waals surface area (Å²) in [7, 11) is -2.54. The average Bonchev–Trinajstić information content (AvgIpc) is 3.56. The van der Waals surface area contributed by atoms with Gasteiger partial charge in [0.15, 0.2) is 5.83 Å². The van der Waals surface area contributed by atoms with Crippen LogP contribution in [0.5, 0.6) is 0 Å². The van der Waals surface area contributed by atoms with E-state index in [9.17, 15) is 17.2 Å². The molecule has 2 N–H and O–H groups in total. The Morgan fingerprint density at radius 2 is 2.03 bits per heavy atom. The zero-order valence-electron chi connectivity index (χ0n) is 16.7. The van der Waals surface area contributed by atoms with E-state index < -0.39 is 32.0 Å². The third kappa shape index (κ3) is 2.97. The molecule has 2 aromatic rings. The van der Waals surface area contributed by atoms with Gasteiger partial charge in [-0.2, -0.15) is 0 Å². The number of aliphatic imine (C=N–C) groups is 1. The summed E-state index contributed by atoms with van der Waals surface area (Å²) < 4.78 is 55.3. The molecule has 1 aliphatic heterocycles. The lowest BCUT2D eigenvalue weighted by molar-refractivity contribution is 0.381. The van der Waals surface area contributed by atoms with Gasteiger partial charge in [0, 0.05) is 12.6 Å². The van der Waals surface area contributed by atoms with Crippen molar-refractivity contribution in [3.8, 4) is 0 Å². The minimum absolute atomic E-state index is 0.0145. The molecule has 0 radical (unpaired) electrons. The summed E-state index contributed by atoms with van der Waals surface area (Å²) in [4.78, 5) is 15.1. The molecule has 2 heterocycles. The number of guanidine groups is 1. The van der Waals surface area contributed by atoms with E-state index in [2.05, 4.69) is 19.8 Å². The van der Waals surface area contributed by atoms with Crippen molar-refractivity contribution in [1.82, 2.24) is 14.3 Å². The SMILES string of the molecule is [C-]#[N+]c1cnc(/C(F)=C/c2ccc(F)c([C@@]3(C)N=C(N)N(C)S(=O)(=O)C34CC4)c2)cn1. The molecule has 1 aromatic heterocycles. The second-order valence-electron chi connectivity index (χ2n) is 7.61. The molecular weight excluding hydrogens is 426 g/mol. The van der Waals surface area contributed by atoms with Gasteiger partial charge in [0.25, 0.3) is 5.82 Å².